The number of nitrogen functional groups attached to an aromatic ring is 2. The molecule has 9 unspecified atom stereocenters. The molecule has 0 radical (unpaired) electrons. The van der Waals surface area contributed by atoms with Crippen molar-refractivity contribution < 1.29 is 20.1 Å². The number of benzene rings is 1. The molecule has 9 atom stereocenters. The summed E-state index contributed by atoms with van der Waals surface area (Å²) in [6, 6.07) is 12.7. The van der Waals surface area contributed by atoms with Crippen LogP contribution in [0, 0.1) is 50.2 Å². The SMILES string of the molecule is CC1(C)CCC2(C(=O)O)C(O)CC3(C)C(=CCC4C5(C)CCC(O)C(C)(C)C5CCC43C)C2C1.Cl.Nc1ccc(N=Nc2ccccc2)c(N)n1. The molecule has 1 aromatic heterocycles. The molecule has 7 rings (SSSR count). The smallest absolute Gasteiger partial charge is 0.312 e. The summed E-state index contributed by atoms with van der Waals surface area (Å²) in [5.74, 6) is 0.738. The molecular formula is C41H60ClN5O4. The molecule has 5 aliphatic rings. The highest BCUT2D eigenvalue weighted by Crippen LogP contribution is 2.75. The van der Waals surface area contributed by atoms with Crippen LogP contribution in [0.2, 0.25) is 0 Å². The molecule has 0 saturated heterocycles. The van der Waals surface area contributed by atoms with Crippen LogP contribution in [0.15, 0.2) is 64.3 Å². The van der Waals surface area contributed by atoms with E-state index in [9.17, 15) is 20.1 Å². The van der Waals surface area contributed by atoms with Gasteiger partial charge in [0.2, 0.25) is 0 Å². The number of fused-ring (bicyclic) bond motifs is 7. The fourth-order valence-corrected chi connectivity index (χ4v) is 11.9. The lowest BCUT2D eigenvalue weighted by atomic mass is 9.33. The maximum absolute atomic E-state index is 12.8. The van der Waals surface area contributed by atoms with Crippen molar-refractivity contribution in [1.82, 2.24) is 4.98 Å². The second-order valence-electron chi connectivity index (χ2n) is 18.3. The molecule has 1 aromatic carbocycles. The molecule has 4 fully saturated rings. The van der Waals surface area contributed by atoms with E-state index in [1.165, 1.54) is 5.57 Å². The highest BCUT2D eigenvalue weighted by molar-refractivity contribution is 5.85. The van der Waals surface area contributed by atoms with Crippen molar-refractivity contribution >= 4 is 41.4 Å². The molecule has 280 valence electrons. The van der Waals surface area contributed by atoms with E-state index < -0.39 is 17.5 Å². The lowest BCUT2D eigenvalue weighted by molar-refractivity contribution is -0.218. The molecule has 1 heterocycles. The quantitative estimate of drug-likeness (QED) is 0.155. The van der Waals surface area contributed by atoms with Gasteiger partial charge in [-0.1, -0.05) is 78.3 Å². The second kappa shape index (κ2) is 13.4. The van der Waals surface area contributed by atoms with Gasteiger partial charge in [0.1, 0.15) is 16.9 Å². The molecule has 51 heavy (non-hydrogen) atoms. The van der Waals surface area contributed by atoms with E-state index in [0.29, 0.717) is 36.2 Å². The number of allylic oxidation sites excluding steroid dienone is 2. The number of aliphatic hydroxyl groups is 2. The Morgan fingerprint density at radius 1 is 0.824 bits per heavy atom. The van der Waals surface area contributed by atoms with Gasteiger partial charge in [-0.15, -0.1) is 17.5 Å². The molecule has 9 nitrogen and oxygen atoms in total. The number of anilines is 2. The molecular weight excluding hydrogens is 662 g/mol. The largest absolute Gasteiger partial charge is 0.481 e. The van der Waals surface area contributed by atoms with Crippen LogP contribution in [0.4, 0.5) is 23.0 Å². The van der Waals surface area contributed by atoms with Crippen molar-refractivity contribution in [2.24, 2.45) is 60.5 Å². The first kappa shape index (κ1) is 39.2. The molecule has 7 N–H and O–H groups in total. The summed E-state index contributed by atoms with van der Waals surface area (Å²) in [6.45, 7) is 16.4. The van der Waals surface area contributed by atoms with E-state index in [2.05, 4.69) is 69.8 Å². The number of carboxylic acids is 1. The maximum atomic E-state index is 12.8. The van der Waals surface area contributed by atoms with Gasteiger partial charge in [0.05, 0.1) is 17.9 Å². The fourth-order valence-electron chi connectivity index (χ4n) is 11.9. The maximum Gasteiger partial charge on any atom is 0.312 e. The Morgan fingerprint density at radius 2 is 1.51 bits per heavy atom. The average molecular weight is 722 g/mol. The van der Waals surface area contributed by atoms with E-state index in [1.54, 1.807) is 12.1 Å². The number of halogens is 1. The molecule has 0 spiro atoms. The molecule has 4 saturated carbocycles. The van der Waals surface area contributed by atoms with Crippen molar-refractivity contribution in [2.45, 2.75) is 118 Å². The molecule has 0 aliphatic heterocycles. The van der Waals surface area contributed by atoms with Crippen LogP contribution in [0.1, 0.15) is 106 Å². The number of pyridine rings is 1. The highest BCUT2D eigenvalue weighted by Gasteiger charge is 2.71. The number of azo groups is 1. The Morgan fingerprint density at radius 3 is 2.16 bits per heavy atom. The third kappa shape index (κ3) is 6.19. The third-order valence-corrected chi connectivity index (χ3v) is 15.0. The van der Waals surface area contributed by atoms with Crippen molar-refractivity contribution in [1.29, 1.82) is 0 Å². The minimum absolute atomic E-state index is 0. The Hall–Kier alpha value is -3.01. The van der Waals surface area contributed by atoms with E-state index in [-0.39, 0.29) is 57.3 Å². The van der Waals surface area contributed by atoms with Gasteiger partial charge >= 0.3 is 5.97 Å². The van der Waals surface area contributed by atoms with Gasteiger partial charge in [0.15, 0.2) is 5.82 Å². The number of carboxylic acid groups (broad SMARTS) is 1. The van der Waals surface area contributed by atoms with Crippen LogP contribution in [-0.2, 0) is 4.79 Å². The van der Waals surface area contributed by atoms with Crippen LogP contribution in [0.25, 0.3) is 0 Å². The number of hydrogen-bond acceptors (Lipinski definition) is 8. The summed E-state index contributed by atoms with van der Waals surface area (Å²) < 4.78 is 0. The lowest BCUT2D eigenvalue weighted by Gasteiger charge is -2.71. The van der Waals surface area contributed by atoms with Crippen LogP contribution in [0.5, 0.6) is 0 Å². The Bertz CT molecular complexity index is 1680. The highest BCUT2D eigenvalue weighted by atomic mass is 35.5. The summed E-state index contributed by atoms with van der Waals surface area (Å²) in [4.78, 5) is 16.7. The minimum atomic E-state index is -1.04. The zero-order valence-electron chi connectivity index (χ0n) is 31.5. The molecule has 0 amide bonds. The van der Waals surface area contributed by atoms with Gasteiger partial charge in [-0.2, -0.15) is 5.11 Å². The molecule has 2 aromatic rings. The number of carbonyl (C=O) groups is 1. The molecule has 10 heteroatoms. The van der Waals surface area contributed by atoms with Gasteiger partial charge < -0.3 is 26.8 Å². The Kier molecular flexibility index (Phi) is 10.3. The summed E-state index contributed by atoms with van der Waals surface area (Å²) >= 11 is 0. The number of aliphatic carboxylic acids is 1. The fraction of sp³-hybridized carbons (Fsp3) is 0.659. The number of hydrogen-bond donors (Lipinski definition) is 5. The van der Waals surface area contributed by atoms with E-state index >= 15 is 0 Å². The van der Waals surface area contributed by atoms with Gasteiger partial charge in [0, 0.05) is 0 Å². The van der Waals surface area contributed by atoms with Crippen molar-refractivity contribution in [3.63, 3.8) is 0 Å². The van der Waals surface area contributed by atoms with Crippen LogP contribution >= 0.6 is 12.4 Å². The predicted octanol–water partition coefficient (Wildman–Crippen LogP) is 9.29. The van der Waals surface area contributed by atoms with Gasteiger partial charge in [0.25, 0.3) is 0 Å². The van der Waals surface area contributed by atoms with Gasteiger partial charge in [-0.25, -0.2) is 4.98 Å². The minimum Gasteiger partial charge on any atom is -0.481 e. The summed E-state index contributed by atoms with van der Waals surface area (Å²) in [5.41, 5.74) is 12.7. The zero-order valence-corrected chi connectivity index (χ0v) is 32.3. The topological polar surface area (TPSA) is 167 Å². The Labute approximate surface area is 310 Å². The number of rotatable bonds is 3. The summed E-state index contributed by atoms with van der Waals surface area (Å²) in [6.07, 6.45) is 9.35. The predicted molar refractivity (Wildman–Crippen MR) is 205 cm³/mol. The zero-order chi connectivity index (χ0) is 36.5. The molecule has 0 bridgehead atoms. The summed E-state index contributed by atoms with van der Waals surface area (Å²) in [7, 11) is 0. The first-order chi connectivity index (χ1) is 23.3. The van der Waals surface area contributed by atoms with E-state index in [1.807, 2.05) is 30.3 Å². The third-order valence-electron chi connectivity index (χ3n) is 15.0. The number of aliphatic hydroxyl groups excluding tert-OH is 2. The van der Waals surface area contributed by atoms with Crippen LogP contribution in [0.3, 0.4) is 0 Å². The number of nitrogens with two attached hydrogens (primary N) is 2. The monoisotopic (exact) mass is 721 g/mol. The van der Waals surface area contributed by atoms with Crippen molar-refractivity contribution in [2.75, 3.05) is 11.5 Å². The Balaban J connectivity index is 0.000000249. The van der Waals surface area contributed by atoms with Gasteiger partial charge in [-0.05, 0) is 127 Å². The van der Waals surface area contributed by atoms with E-state index in [0.717, 1.165) is 50.6 Å². The van der Waals surface area contributed by atoms with Crippen LogP contribution in [-0.4, -0.2) is 38.5 Å². The summed E-state index contributed by atoms with van der Waals surface area (Å²) in [5, 5.41) is 41.1. The standard InChI is InChI=1S/C30H48O4.C11H11N5.ClH/c1-25(2)14-15-30(24(33)34)19(16-25)18-8-9-21-27(5)12-11-22(31)26(3,4)20(27)10-13-28(21,6)29(18,7)17-23(30)32;12-10-7-6-9(11(13)14-10)16-15-8-4-2-1-3-5-8;/h8,19-23,31-32H,9-17H2,1-7H3,(H,33,34);1-7H,(H4,12,13,14);1H. The van der Waals surface area contributed by atoms with Crippen molar-refractivity contribution in [3.8, 4) is 0 Å². The average Bonchev–Trinajstić information content (AvgIpc) is 3.03. The van der Waals surface area contributed by atoms with Gasteiger partial charge in [-0.3, -0.25) is 4.79 Å². The normalized spacial score (nSPS) is 39.0. The molecule has 5 aliphatic carbocycles. The number of aromatic nitrogens is 1. The lowest BCUT2D eigenvalue weighted by Crippen LogP contribution is -2.67. The first-order valence-corrected chi connectivity index (χ1v) is 18.6. The van der Waals surface area contributed by atoms with Crippen molar-refractivity contribution in [3.05, 3.63) is 54.1 Å². The van der Waals surface area contributed by atoms with Crippen LogP contribution < -0.4 is 11.5 Å². The second-order valence-corrected chi connectivity index (χ2v) is 18.3. The number of nitrogens with zero attached hydrogens (tertiary/aromatic N) is 3. The first-order valence-electron chi connectivity index (χ1n) is 18.6. The van der Waals surface area contributed by atoms with E-state index in [4.69, 9.17) is 11.5 Å².